The molecule has 0 unspecified atom stereocenters. The minimum Gasteiger partial charge on any atom is -0.394 e. The van der Waals surface area contributed by atoms with Gasteiger partial charge in [-0.05, 0) is 18.4 Å². The number of benzene rings is 1. The van der Waals surface area contributed by atoms with Crippen LogP contribution in [0.5, 0.6) is 0 Å². The summed E-state index contributed by atoms with van der Waals surface area (Å²) in [7, 11) is 0. The van der Waals surface area contributed by atoms with Crippen LogP contribution < -0.4 is 10.6 Å². The average molecular weight is 440 g/mol. The lowest BCUT2D eigenvalue weighted by molar-refractivity contribution is 0.0331. The molecule has 0 radical (unpaired) electrons. The lowest BCUT2D eigenvalue weighted by Gasteiger charge is -2.39. The maximum atomic E-state index is 9.68. The van der Waals surface area contributed by atoms with Crippen LogP contribution in [0.1, 0.15) is 18.7 Å². The standard InChI is InChI=1S/C23H29N5O2S/c24-23(16-29)6-8-28(9-7-23)21-20-18(17-4-2-1-3-5-17)15-31-22(20)26-19(25-21)14-27-10-12-30-13-11-27/h1-5,15,29H,6-14,16,24H2. The zero-order chi connectivity index (χ0) is 21.3. The summed E-state index contributed by atoms with van der Waals surface area (Å²) in [6.07, 6.45) is 1.50. The Morgan fingerprint density at radius 2 is 1.81 bits per heavy atom. The first-order chi connectivity index (χ1) is 15.1. The molecule has 1 aromatic carbocycles. The lowest BCUT2D eigenvalue weighted by Crippen LogP contribution is -2.53. The van der Waals surface area contributed by atoms with Crippen LogP contribution in [-0.2, 0) is 11.3 Å². The van der Waals surface area contributed by atoms with E-state index in [1.165, 1.54) is 11.1 Å². The Morgan fingerprint density at radius 1 is 1.06 bits per heavy atom. The molecule has 31 heavy (non-hydrogen) atoms. The second kappa shape index (κ2) is 8.80. The highest BCUT2D eigenvalue weighted by atomic mass is 32.1. The van der Waals surface area contributed by atoms with E-state index in [-0.39, 0.29) is 6.61 Å². The molecule has 0 saturated carbocycles. The molecule has 0 atom stereocenters. The van der Waals surface area contributed by atoms with Gasteiger partial charge in [-0.3, -0.25) is 4.90 Å². The van der Waals surface area contributed by atoms with Crippen LogP contribution in [0, 0.1) is 0 Å². The van der Waals surface area contributed by atoms with Gasteiger partial charge in [0.25, 0.3) is 0 Å². The van der Waals surface area contributed by atoms with E-state index in [4.69, 9.17) is 20.4 Å². The van der Waals surface area contributed by atoms with Gasteiger partial charge in [0.15, 0.2) is 0 Å². The summed E-state index contributed by atoms with van der Waals surface area (Å²) >= 11 is 1.68. The number of nitrogens with two attached hydrogens (primary N) is 1. The molecule has 2 aromatic heterocycles. The van der Waals surface area contributed by atoms with E-state index in [0.29, 0.717) is 0 Å². The predicted octanol–water partition coefficient (Wildman–Crippen LogP) is 2.48. The van der Waals surface area contributed by atoms with Gasteiger partial charge >= 0.3 is 0 Å². The monoisotopic (exact) mass is 439 g/mol. The van der Waals surface area contributed by atoms with Crippen molar-refractivity contribution in [1.29, 1.82) is 0 Å². The van der Waals surface area contributed by atoms with Crippen molar-refractivity contribution in [3.05, 3.63) is 41.5 Å². The largest absolute Gasteiger partial charge is 0.394 e. The van der Waals surface area contributed by atoms with E-state index in [9.17, 15) is 5.11 Å². The van der Waals surface area contributed by atoms with Crippen molar-refractivity contribution in [2.24, 2.45) is 5.73 Å². The Balaban J connectivity index is 1.54. The minimum absolute atomic E-state index is 0.0238. The van der Waals surface area contributed by atoms with Gasteiger partial charge in [-0.1, -0.05) is 30.3 Å². The van der Waals surface area contributed by atoms with Gasteiger partial charge in [-0.2, -0.15) is 0 Å². The highest BCUT2D eigenvalue weighted by Crippen LogP contribution is 2.39. The molecule has 3 aromatic rings. The summed E-state index contributed by atoms with van der Waals surface area (Å²) in [6.45, 7) is 5.66. The van der Waals surface area contributed by atoms with E-state index in [1.807, 2.05) is 6.07 Å². The number of aromatic nitrogens is 2. The number of morpholine rings is 1. The molecule has 4 heterocycles. The quantitative estimate of drug-likeness (QED) is 0.631. The molecule has 2 aliphatic heterocycles. The normalized spacial score (nSPS) is 19.7. The first kappa shape index (κ1) is 20.8. The number of aliphatic hydroxyl groups excluding tert-OH is 1. The van der Waals surface area contributed by atoms with Crippen molar-refractivity contribution in [3.63, 3.8) is 0 Å². The van der Waals surface area contributed by atoms with Gasteiger partial charge in [0.05, 0.1) is 31.8 Å². The Morgan fingerprint density at radius 3 is 2.52 bits per heavy atom. The van der Waals surface area contributed by atoms with Crippen molar-refractivity contribution < 1.29 is 9.84 Å². The molecule has 2 aliphatic rings. The van der Waals surface area contributed by atoms with Crippen LogP contribution in [0.4, 0.5) is 5.82 Å². The molecule has 2 saturated heterocycles. The average Bonchev–Trinajstić information content (AvgIpc) is 3.24. The number of aliphatic hydroxyl groups is 1. The number of anilines is 1. The van der Waals surface area contributed by atoms with E-state index in [0.717, 1.165) is 80.6 Å². The molecular weight excluding hydrogens is 410 g/mol. The van der Waals surface area contributed by atoms with Gasteiger partial charge in [-0.15, -0.1) is 11.3 Å². The number of rotatable bonds is 5. The Bertz CT molecular complexity index is 1030. The number of nitrogens with zero attached hydrogens (tertiary/aromatic N) is 4. The van der Waals surface area contributed by atoms with E-state index < -0.39 is 5.54 Å². The first-order valence-electron chi connectivity index (χ1n) is 10.9. The molecule has 2 fully saturated rings. The molecule has 7 nitrogen and oxygen atoms in total. The van der Waals surface area contributed by atoms with Crippen LogP contribution in [0.2, 0.25) is 0 Å². The van der Waals surface area contributed by atoms with Gasteiger partial charge in [-0.25, -0.2) is 9.97 Å². The number of thiophene rings is 1. The van der Waals surface area contributed by atoms with Crippen molar-refractivity contribution >= 4 is 27.4 Å². The van der Waals surface area contributed by atoms with Crippen LogP contribution in [0.3, 0.4) is 0 Å². The number of fused-ring (bicyclic) bond motifs is 1. The number of piperidine rings is 1. The highest BCUT2D eigenvalue weighted by Gasteiger charge is 2.32. The van der Waals surface area contributed by atoms with Gasteiger partial charge < -0.3 is 20.5 Å². The molecule has 0 spiro atoms. The van der Waals surface area contributed by atoms with Crippen molar-refractivity contribution in [2.75, 3.05) is 50.9 Å². The zero-order valence-corrected chi connectivity index (χ0v) is 18.5. The van der Waals surface area contributed by atoms with Gasteiger partial charge in [0.1, 0.15) is 16.5 Å². The Hall–Kier alpha value is -2.10. The number of ether oxygens (including phenoxy) is 1. The lowest BCUT2D eigenvalue weighted by atomic mass is 9.89. The fourth-order valence-corrected chi connectivity index (χ4v) is 5.34. The summed E-state index contributed by atoms with van der Waals surface area (Å²) < 4.78 is 5.49. The Kier molecular flexibility index (Phi) is 5.90. The fourth-order valence-electron chi connectivity index (χ4n) is 4.38. The first-order valence-corrected chi connectivity index (χ1v) is 11.8. The minimum atomic E-state index is -0.490. The third-order valence-electron chi connectivity index (χ3n) is 6.39. The van der Waals surface area contributed by atoms with Crippen molar-refractivity contribution in [2.45, 2.75) is 24.9 Å². The van der Waals surface area contributed by atoms with E-state index in [1.54, 1.807) is 11.3 Å². The molecule has 164 valence electrons. The van der Waals surface area contributed by atoms with E-state index in [2.05, 4.69) is 39.4 Å². The summed E-state index contributed by atoms with van der Waals surface area (Å²) in [5.41, 5.74) is 8.21. The topological polar surface area (TPSA) is 87.7 Å². The van der Waals surface area contributed by atoms with Crippen LogP contribution in [0.15, 0.2) is 35.7 Å². The summed E-state index contributed by atoms with van der Waals surface area (Å²) in [5, 5.41) is 13.0. The maximum Gasteiger partial charge on any atom is 0.146 e. The second-order valence-corrected chi connectivity index (χ2v) is 9.41. The van der Waals surface area contributed by atoms with Gasteiger partial charge in [0.2, 0.25) is 0 Å². The Labute approximate surface area is 186 Å². The molecular formula is C23H29N5O2S. The van der Waals surface area contributed by atoms with Crippen molar-refractivity contribution in [3.8, 4) is 11.1 Å². The molecule has 5 rings (SSSR count). The molecule has 8 heteroatoms. The predicted molar refractivity (Wildman–Crippen MR) is 124 cm³/mol. The number of hydrogen-bond acceptors (Lipinski definition) is 8. The molecule has 0 aliphatic carbocycles. The summed E-state index contributed by atoms with van der Waals surface area (Å²) in [6, 6.07) is 10.4. The molecule has 0 bridgehead atoms. The van der Waals surface area contributed by atoms with Crippen LogP contribution in [-0.4, -0.2) is 71.5 Å². The zero-order valence-electron chi connectivity index (χ0n) is 17.7. The second-order valence-electron chi connectivity index (χ2n) is 8.56. The van der Waals surface area contributed by atoms with Crippen LogP contribution in [0.25, 0.3) is 21.3 Å². The number of hydrogen-bond donors (Lipinski definition) is 2. The third kappa shape index (κ3) is 4.31. The fraction of sp³-hybridized carbons (Fsp3) is 0.478. The summed E-state index contributed by atoms with van der Waals surface area (Å²) in [4.78, 5) is 15.7. The highest BCUT2D eigenvalue weighted by molar-refractivity contribution is 7.17. The molecule has 3 N–H and O–H groups in total. The SMILES string of the molecule is NC1(CO)CCN(c2nc(CN3CCOCC3)nc3scc(-c4ccccc4)c23)CC1. The van der Waals surface area contributed by atoms with Crippen molar-refractivity contribution in [1.82, 2.24) is 14.9 Å². The molecule has 0 amide bonds. The smallest absolute Gasteiger partial charge is 0.146 e. The third-order valence-corrected chi connectivity index (χ3v) is 7.26. The maximum absolute atomic E-state index is 9.68. The van der Waals surface area contributed by atoms with Gasteiger partial charge in [0, 0.05) is 42.7 Å². The summed E-state index contributed by atoms with van der Waals surface area (Å²) in [5.74, 6) is 1.85. The van der Waals surface area contributed by atoms with E-state index >= 15 is 0 Å². The van der Waals surface area contributed by atoms with Crippen LogP contribution >= 0.6 is 11.3 Å².